The second-order valence-corrected chi connectivity index (χ2v) is 8.05. The fourth-order valence-corrected chi connectivity index (χ4v) is 3.75. The van der Waals surface area contributed by atoms with Gasteiger partial charge in [0.15, 0.2) is 5.82 Å². The fraction of sp³-hybridized carbons (Fsp3) is 0.292. The second-order valence-electron chi connectivity index (χ2n) is 8.05. The predicted molar refractivity (Wildman–Crippen MR) is 128 cm³/mol. The van der Waals surface area contributed by atoms with E-state index in [4.69, 9.17) is 4.74 Å². The lowest BCUT2D eigenvalue weighted by Crippen LogP contribution is -2.37. The number of hydrogen-bond acceptors (Lipinski definition) is 7. The maximum absolute atomic E-state index is 12.8. The van der Waals surface area contributed by atoms with E-state index in [1.54, 1.807) is 30.6 Å². The number of amides is 3. The van der Waals surface area contributed by atoms with Gasteiger partial charge in [-0.2, -0.15) is 0 Å². The summed E-state index contributed by atoms with van der Waals surface area (Å²) < 4.78 is 5.39. The van der Waals surface area contributed by atoms with Gasteiger partial charge in [0.25, 0.3) is 5.91 Å². The van der Waals surface area contributed by atoms with E-state index in [2.05, 4.69) is 35.8 Å². The van der Waals surface area contributed by atoms with Crippen molar-refractivity contribution in [1.82, 2.24) is 25.2 Å². The Morgan fingerprint density at radius 3 is 2.74 bits per heavy atom. The van der Waals surface area contributed by atoms with Gasteiger partial charge in [-0.05, 0) is 43.7 Å². The van der Waals surface area contributed by atoms with E-state index in [0.717, 1.165) is 37.4 Å². The van der Waals surface area contributed by atoms with Crippen LogP contribution in [0.15, 0.2) is 55.0 Å². The molecule has 3 aromatic rings. The molecule has 3 N–H and O–H groups in total. The SMILES string of the molecule is COc1cc(C(=O)NC2CCN(Cc3ccccn3)C2)ccc1NC(=O)Nc1cnc(C)cn1. The Kier molecular flexibility index (Phi) is 7.28. The Balaban J connectivity index is 1.33. The van der Waals surface area contributed by atoms with Crippen LogP contribution in [-0.4, -0.2) is 58.0 Å². The van der Waals surface area contributed by atoms with Gasteiger partial charge in [-0.15, -0.1) is 0 Å². The smallest absolute Gasteiger partial charge is 0.324 e. The molecule has 1 atom stereocenters. The minimum Gasteiger partial charge on any atom is -0.495 e. The van der Waals surface area contributed by atoms with Crippen molar-refractivity contribution in [1.29, 1.82) is 0 Å². The summed E-state index contributed by atoms with van der Waals surface area (Å²) in [4.78, 5) is 40.0. The van der Waals surface area contributed by atoms with Gasteiger partial charge in [-0.25, -0.2) is 9.78 Å². The molecule has 0 bridgehead atoms. The van der Waals surface area contributed by atoms with Gasteiger partial charge in [0.2, 0.25) is 0 Å². The van der Waals surface area contributed by atoms with Gasteiger partial charge in [-0.1, -0.05) is 6.07 Å². The van der Waals surface area contributed by atoms with E-state index in [9.17, 15) is 9.59 Å². The summed E-state index contributed by atoms with van der Waals surface area (Å²) in [7, 11) is 1.48. The number of aryl methyl sites for hydroxylation is 1. The Labute approximate surface area is 197 Å². The van der Waals surface area contributed by atoms with Gasteiger partial charge in [0.05, 0.1) is 36.6 Å². The van der Waals surface area contributed by atoms with Crippen molar-refractivity contribution in [3.8, 4) is 5.75 Å². The van der Waals surface area contributed by atoms with Crippen LogP contribution < -0.4 is 20.7 Å². The van der Waals surface area contributed by atoms with Crippen LogP contribution in [0, 0.1) is 6.92 Å². The summed E-state index contributed by atoms with van der Waals surface area (Å²) in [5.74, 6) is 0.515. The summed E-state index contributed by atoms with van der Waals surface area (Å²) in [6.45, 7) is 4.23. The Morgan fingerprint density at radius 1 is 1.12 bits per heavy atom. The van der Waals surface area contributed by atoms with Crippen LogP contribution in [0.4, 0.5) is 16.3 Å². The molecule has 10 heteroatoms. The molecule has 1 fully saturated rings. The molecular formula is C24H27N7O3. The first kappa shape index (κ1) is 23.1. The van der Waals surface area contributed by atoms with Crippen molar-refractivity contribution in [2.45, 2.75) is 25.9 Å². The van der Waals surface area contributed by atoms with Gasteiger partial charge >= 0.3 is 6.03 Å². The van der Waals surface area contributed by atoms with Gasteiger partial charge in [-0.3, -0.25) is 25.0 Å². The van der Waals surface area contributed by atoms with Crippen LogP contribution in [0.3, 0.4) is 0 Å². The topological polar surface area (TPSA) is 121 Å². The van der Waals surface area contributed by atoms with Gasteiger partial charge in [0.1, 0.15) is 5.75 Å². The molecule has 1 aromatic carbocycles. The number of pyridine rings is 1. The van der Waals surface area contributed by atoms with Crippen molar-refractivity contribution in [2.75, 3.05) is 30.8 Å². The van der Waals surface area contributed by atoms with Crippen molar-refractivity contribution in [2.24, 2.45) is 0 Å². The van der Waals surface area contributed by atoms with Crippen LogP contribution in [-0.2, 0) is 6.54 Å². The number of carbonyl (C=O) groups excluding carboxylic acids is 2. The standard InChI is InChI=1S/C24H27N7O3/c1-16-12-27-22(13-26-16)30-24(33)29-20-7-6-17(11-21(20)34-2)23(32)28-19-8-10-31(15-19)14-18-5-3-4-9-25-18/h3-7,9,11-13,19H,8,10,14-15H2,1-2H3,(H,28,32)(H2,27,29,30,33). The molecule has 1 saturated heterocycles. The highest BCUT2D eigenvalue weighted by atomic mass is 16.5. The second kappa shape index (κ2) is 10.7. The Hall–Kier alpha value is -4.05. The third-order valence-electron chi connectivity index (χ3n) is 5.45. The van der Waals surface area contributed by atoms with Crippen molar-refractivity contribution in [3.63, 3.8) is 0 Å². The number of hydrogen-bond donors (Lipinski definition) is 3. The monoisotopic (exact) mass is 461 g/mol. The number of nitrogens with zero attached hydrogens (tertiary/aromatic N) is 4. The van der Waals surface area contributed by atoms with Crippen LogP contribution in [0.5, 0.6) is 5.75 Å². The van der Waals surface area contributed by atoms with Crippen LogP contribution in [0.1, 0.15) is 28.2 Å². The lowest BCUT2D eigenvalue weighted by molar-refractivity contribution is 0.0937. The van der Waals surface area contributed by atoms with E-state index >= 15 is 0 Å². The number of urea groups is 1. The van der Waals surface area contributed by atoms with E-state index in [1.165, 1.54) is 13.3 Å². The summed E-state index contributed by atoms with van der Waals surface area (Å²) >= 11 is 0. The maximum atomic E-state index is 12.8. The maximum Gasteiger partial charge on any atom is 0.324 e. The van der Waals surface area contributed by atoms with Gasteiger partial charge < -0.3 is 15.4 Å². The molecule has 4 rings (SSSR count). The largest absolute Gasteiger partial charge is 0.495 e. The zero-order chi connectivity index (χ0) is 23.9. The number of rotatable bonds is 7. The Morgan fingerprint density at radius 2 is 2.00 bits per heavy atom. The number of ether oxygens (including phenoxy) is 1. The summed E-state index contributed by atoms with van der Waals surface area (Å²) in [6, 6.07) is 10.3. The molecule has 0 aliphatic carbocycles. The zero-order valence-corrected chi connectivity index (χ0v) is 19.1. The minimum absolute atomic E-state index is 0.0569. The van der Waals surface area contributed by atoms with Crippen LogP contribution in [0.25, 0.3) is 0 Å². The first-order valence-corrected chi connectivity index (χ1v) is 11.0. The third-order valence-corrected chi connectivity index (χ3v) is 5.45. The molecule has 3 amide bonds. The fourth-order valence-electron chi connectivity index (χ4n) is 3.75. The molecule has 176 valence electrons. The number of anilines is 2. The van der Waals surface area contributed by atoms with E-state index < -0.39 is 6.03 Å². The zero-order valence-electron chi connectivity index (χ0n) is 19.1. The van der Waals surface area contributed by atoms with E-state index in [0.29, 0.717) is 22.8 Å². The number of benzene rings is 1. The molecule has 0 saturated carbocycles. The first-order valence-electron chi connectivity index (χ1n) is 11.0. The normalized spacial score (nSPS) is 15.5. The van der Waals surface area contributed by atoms with E-state index in [1.807, 2.05) is 25.1 Å². The molecule has 0 spiro atoms. The van der Waals surface area contributed by atoms with E-state index in [-0.39, 0.29) is 11.9 Å². The molecule has 0 radical (unpaired) electrons. The quantitative estimate of drug-likeness (QED) is 0.495. The summed E-state index contributed by atoms with van der Waals surface area (Å²) in [5.41, 5.74) is 2.65. The molecule has 2 aromatic heterocycles. The average Bonchev–Trinajstić information content (AvgIpc) is 3.27. The predicted octanol–water partition coefficient (Wildman–Crippen LogP) is 2.84. The summed E-state index contributed by atoms with van der Waals surface area (Å²) in [5, 5.41) is 8.40. The number of aromatic nitrogens is 3. The molecule has 1 aliphatic heterocycles. The lowest BCUT2D eigenvalue weighted by Gasteiger charge is -2.17. The number of methoxy groups -OCH3 is 1. The first-order chi connectivity index (χ1) is 16.5. The number of likely N-dealkylation sites (tertiary alicyclic amines) is 1. The van der Waals surface area contributed by atoms with Crippen LogP contribution >= 0.6 is 0 Å². The van der Waals surface area contributed by atoms with Crippen molar-refractivity contribution < 1.29 is 14.3 Å². The molecule has 1 aliphatic rings. The number of carbonyl (C=O) groups is 2. The highest BCUT2D eigenvalue weighted by Crippen LogP contribution is 2.26. The molecule has 3 heterocycles. The Bertz CT molecular complexity index is 1140. The van der Waals surface area contributed by atoms with Gasteiger partial charge in [0, 0.05) is 37.4 Å². The highest BCUT2D eigenvalue weighted by molar-refractivity contribution is 6.01. The molecular weight excluding hydrogens is 434 g/mol. The molecule has 34 heavy (non-hydrogen) atoms. The summed E-state index contributed by atoms with van der Waals surface area (Å²) in [6.07, 6.45) is 5.69. The van der Waals surface area contributed by atoms with Crippen molar-refractivity contribution >= 4 is 23.4 Å². The third kappa shape index (κ3) is 6.04. The number of nitrogens with one attached hydrogen (secondary N) is 3. The molecule has 10 nitrogen and oxygen atoms in total. The molecule has 1 unspecified atom stereocenters. The highest BCUT2D eigenvalue weighted by Gasteiger charge is 2.25. The lowest BCUT2D eigenvalue weighted by atomic mass is 10.1. The van der Waals surface area contributed by atoms with Crippen molar-refractivity contribution in [3.05, 3.63) is 71.9 Å². The average molecular weight is 462 g/mol. The van der Waals surface area contributed by atoms with Crippen LogP contribution in [0.2, 0.25) is 0 Å². The minimum atomic E-state index is -0.493.